The summed E-state index contributed by atoms with van der Waals surface area (Å²) in [6.07, 6.45) is -5.51. The van der Waals surface area contributed by atoms with Crippen LogP contribution in [0.2, 0.25) is 0 Å². The van der Waals surface area contributed by atoms with Crippen molar-refractivity contribution >= 4 is 5.97 Å². The number of aliphatic hydroxyl groups is 5. The highest BCUT2D eigenvalue weighted by Gasteiger charge is 2.51. The van der Waals surface area contributed by atoms with Crippen molar-refractivity contribution < 1.29 is 49.3 Å². The molecule has 0 bridgehead atoms. The zero-order valence-corrected chi connectivity index (χ0v) is 14.9. The Kier molecular flexibility index (Phi) is 6.36. The summed E-state index contributed by atoms with van der Waals surface area (Å²) in [5.41, 5.74) is 0.354. The molecule has 5 N–H and O–H groups in total. The Morgan fingerprint density at radius 2 is 1.85 bits per heavy atom. The van der Waals surface area contributed by atoms with Gasteiger partial charge in [0.2, 0.25) is 6.29 Å². The van der Waals surface area contributed by atoms with Crippen LogP contribution < -0.4 is 0 Å². The van der Waals surface area contributed by atoms with Gasteiger partial charge >= 0.3 is 5.97 Å². The second-order valence-corrected chi connectivity index (χ2v) is 7.11. The largest absolute Gasteiger partial charge is 0.472 e. The Morgan fingerprint density at radius 1 is 1.11 bits per heavy atom. The molecule has 0 aromatic rings. The van der Waals surface area contributed by atoms with E-state index in [1.54, 1.807) is 0 Å². The first-order valence-corrected chi connectivity index (χ1v) is 8.93. The summed E-state index contributed by atoms with van der Waals surface area (Å²) in [6.45, 7) is -0.707. The summed E-state index contributed by atoms with van der Waals surface area (Å²) < 4.78 is 21.4. The van der Waals surface area contributed by atoms with Gasteiger partial charge in [-0.15, -0.1) is 0 Å². The van der Waals surface area contributed by atoms with E-state index in [9.17, 15) is 30.3 Å². The van der Waals surface area contributed by atoms with Crippen LogP contribution in [0.25, 0.3) is 0 Å². The van der Waals surface area contributed by atoms with Crippen LogP contribution in [0.4, 0.5) is 0 Å². The minimum absolute atomic E-state index is 0.131. The number of methoxy groups -OCH3 is 1. The fourth-order valence-electron chi connectivity index (χ4n) is 4.17. The highest BCUT2D eigenvalue weighted by molar-refractivity contribution is 5.89. The molecule has 2 aliphatic heterocycles. The van der Waals surface area contributed by atoms with Crippen LogP contribution in [0.3, 0.4) is 0 Å². The summed E-state index contributed by atoms with van der Waals surface area (Å²) in [5, 5.41) is 48.9. The van der Waals surface area contributed by atoms with Crippen molar-refractivity contribution in [3.8, 4) is 0 Å². The van der Waals surface area contributed by atoms with Gasteiger partial charge in [0.1, 0.15) is 24.4 Å². The number of fused-ring (bicyclic) bond motifs is 1. The van der Waals surface area contributed by atoms with E-state index >= 15 is 0 Å². The van der Waals surface area contributed by atoms with Crippen LogP contribution in [0, 0.1) is 17.8 Å². The number of esters is 1. The quantitative estimate of drug-likeness (QED) is 0.328. The molecule has 1 saturated heterocycles. The third-order valence-electron chi connectivity index (χ3n) is 5.67. The molecule has 27 heavy (non-hydrogen) atoms. The van der Waals surface area contributed by atoms with Crippen molar-refractivity contribution in [1.29, 1.82) is 0 Å². The maximum absolute atomic E-state index is 12.0. The van der Waals surface area contributed by atoms with Gasteiger partial charge in [-0.1, -0.05) is 0 Å². The summed E-state index contributed by atoms with van der Waals surface area (Å²) in [7, 11) is 1.27. The van der Waals surface area contributed by atoms with Crippen molar-refractivity contribution in [3.05, 3.63) is 11.8 Å². The molecule has 0 amide bonds. The van der Waals surface area contributed by atoms with E-state index in [-0.39, 0.29) is 24.4 Å². The molecule has 0 spiro atoms. The smallest absolute Gasteiger partial charge is 0.337 e. The summed E-state index contributed by atoms with van der Waals surface area (Å²) in [5.74, 6) is -1.35. The maximum atomic E-state index is 12.0. The van der Waals surface area contributed by atoms with Crippen LogP contribution in [-0.2, 0) is 23.7 Å². The molecular formula is C17H26O10. The summed E-state index contributed by atoms with van der Waals surface area (Å²) in [6, 6.07) is 0. The molecular weight excluding hydrogens is 364 g/mol. The number of ether oxygens (including phenoxy) is 4. The fourth-order valence-corrected chi connectivity index (χ4v) is 4.17. The Morgan fingerprint density at radius 3 is 2.48 bits per heavy atom. The molecule has 3 aliphatic rings. The van der Waals surface area contributed by atoms with Crippen LogP contribution in [0.15, 0.2) is 11.8 Å². The molecule has 10 heteroatoms. The third-order valence-corrected chi connectivity index (χ3v) is 5.67. The molecule has 9 atom stereocenters. The van der Waals surface area contributed by atoms with Crippen molar-refractivity contribution in [2.24, 2.45) is 17.8 Å². The van der Waals surface area contributed by atoms with Crippen LogP contribution >= 0.6 is 0 Å². The lowest BCUT2D eigenvalue weighted by Gasteiger charge is -2.43. The van der Waals surface area contributed by atoms with E-state index in [0.717, 1.165) is 0 Å². The highest BCUT2D eigenvalue weighted by Crippen LogP contribution is 2.47. The molecule has 2 fully saturated rings. The van der Waals surface area contributed by atoms with E-state index in [0.29, 0.717) is 18.4 Å². The normalized spacial score (nSPS) is 44.2. The second kappa shape index (κ2) is 8.39. The lowest BCUT2D eigenvalue weighted by atomic mass is 9.83. The molecule has 3 rings (SSSR count). The number of hydrogen-bond donors (Lipinski definition) is 5. The maximum Gasteiger partial charge on any atom is 0.337 e. The van der Waals surface area contributed by atoms with Gasteiger partial charge in [0.05, 0.1) is 25.6 Å². The number of carbonyl (C=O) groups excluding carboxylic acids is 1. The molecule has 1 saturated carbocycles. The van der Waals surface area contributed by atoms with Gasteiger partial charge in [0.15, 0.2) is 6.29 Å². The van der Waals surface area contributed by atoms with Crippen LogP contribution in [0.5, 0.6) is 0 Å². The van der Waals surface area contributed by atoms with Gasteiger partial charge in [-0.25, -0.2) is 4.79 Å². The Labute approximate surface area is 155 Å². The fraction of sp³-hybridized carbons (Fsp3) is 0.824. The molecule has 2 heterocycles. The number of hydrogen-bond acceptors (Lipinski definition) is 10. The standard InChI is InChI=1S/C17H26O10/c1-24-15(23)9-6-25-16(11-7(4-18)2-3-8(9)11)27-17-14(22)13(21)12(20)10(5-19)26-17/h6-8,10-14,16-22H,2-5H2,1H3. The Hall–Kier alpha value is -1.27. The van der Waals surface area contributed by atoms with E-state index in [1.165, 1.54) is 13.4 Å². The number of aliphatic hydroxyl groups excluding tert-OH is 5. The first-order valence-electron chi connectivity index (χ1n) is 8.93. The Bertz CT molecular complexity index is 564. The third kappa shape index (κ3) is 3.70. The molecule has 0 radical (unpaired) electrons. The predicted octanol–water partition coefficient (Wildman–Crippen LogP) is -2.15. The molecule has 0 aromatic carbocycles. The zero-order valence-electron chi connectivity index (χ0n) is 14.9. The van der Waals surface area contributed by atoms with Crippen molar-refractivity contribution in [2.45, 2.75) is 49.8 Å². The van der Waals surface area contributed by atoms with Crippen molar-refractivity contribution in [3.63, 3.8) is 0 Å². The van der Waals surface area contributed by atoms with Gasteiger partial charge < -0.3 is 44.5 Å². The first kappa shape index (κ1) is 20.5. The minimum Gasteiger partial charge on any atom is -0.472 e. The minimum atomic E-state index is -1.57. The second-order valence-electron chi connectivity index (χ2n) is 7.11. The molecule has 10 nitrogen and oxygen atoms in total. The van der Waals surface area contributed by atoms with Crippen molar-refractivity contribution in [2.75, 3.05) is 20.3 Å². The lowest BCUT2D eigenvalue weighted by molar-refractivity contribution is -0.342. The van der Waals surface area contributed by atoms with Gasteiger partial charge in [-0.05, 0) is 18.8 Å². The SMILES string of the molecule is COC(=O)C1=COC(OC2OC(CO)C(O)C(O)C2O)C2C(CO)CCC12. The summed E-state index contributed by atoms with van der Waals surface area (Å²) in [4.78, 5) is 12.0. The lowest BCUT2D eigenvalue weighted by Crippen LogP contribution is -2.60. The topological polar surface area (TPSA) is 155 Å². The summed E-state index contributed by atoms with van der Waals surface area (Å²) >= 11 is 0. The van der Waals surface area contributed by atoms with Gasteiger partial charge in [-0.3, -0.25) is 0 Å². The van der Waals surface area contributed by atoms with E-state index in [4.69, 9.17) is 18.9 Å². The van der Waals surface area contributed by atoms with Gasteiger partial charge in [-0.2, -0.15) is 0 Å². The van der Waals surface area contributed by atoms with Crippen LogP contribution in [-0.4, -0.2) is 88.8 Å². The van der Waals surface area contributed by atoms with Crippen LogP contribution in [0.1, 0.15) is 12.8 Å². The van der Waals surface area contributed by atoms with E-state index in [1.807, 2.05) is 0 Å². The zero-order chi connectivity index (χ0) is 19.7. The van der Waals surface area contributed by atoms with E-state index < -0.39 is 49.6 Å². The van der Waals surface area contributed by atoms with E-state index in [2.05, 4.69) is 0 Å². The average Bonchev–Trinajstić information content (AvgIpc) is 3.12. The predicted molar refractivity (Wildman–Crippen MR) is 86.6 cm³/mol. The molecule has 1 aliphatic carbocycles. The van der Waals surface area contributed by atoms with Gasteiger partial charge in [0, 0.05) is 18.4 Å². The highest BCUT2D eigenvalue weighted by atomic mass is 16.8. The monoisotopic (exact) mass is 390 g/mol. The molecule has 154 valence electrons. The van der Waals surface area contributed by atoms with Crippen molar-refractivity contribution in [1.82, 2.24) is 0 Å². The number of carbonyl (C=O) groups is 1. The molecule has 9 unspecified atom stereocenters. The number of rotatable bonds is 5. The average molecular weight is 390 g/mol. The van der Waals surface area contributed by atoms with Gasteiger partial charge in [0.25, 0.3) is 0 Å². The Balaban J connectivity index is 1.79. The first-order chi connectivity index (χ1) is 12.9. The molecule has 0 aromatic heterocycles.